The smallest absolute Gasteiger partial charge is 0.266 e. The molecule has 96 valence electrons. The van der Waals surface area contributed by atoms with Crippen LogP contribution in [0.4, 0.5) is 10.1 Å². The second-order valence-corrected chi connectivity index (χ2v) is 5.37. The molecule has 0 saturated carbocycles. The van der Waals surface area contributed by atoms with Crippen molar-refractivity contribution in [1.29, 1.82) is 0 Å². The maximum atomic E-state index is 13.1. The van der Waals surface area contributed by atoms with E-state index in [2.05, 4.69) is 0 Å². The third kappa shape index (κ3) is 4.32. The molecule has 0 aliphatic carbocycles. The van der Waals surface area contributed by atoms with Crippen LogP contribution in [0.15, 0.2) is 18.2 Å². The van der Waals surface area contributed by atoms with Crippen molar-refractivity contribution < 1.29 is 17.4 Å². The van der Waals surface area contributed by atoms with Gasteiger partial charge >= 0.3 is 0 Å². The van der Waals surface area contributed by atoms with Crippen LogP contribution in [0.3, 0.4) is 0 Å². The van der Waals surface area contributed by atoms with Crippen molar-refractivity contribution in [3.63, 3.8) is 0 Å². The summed E-state index contributed by atoms with van der Waals surface area (Å²) in [5.41, 5.74) is 1.25. The Hall–Kier alpha value is -1.14. The second-order valence-electron chi connectivity index (χ2n) is 3.80. The largest absolute Gasteiger partial charge is 0.371 e. The fourth-order valence-electron chi connectivity index (χ4n) is 1.52. The highest BCUT2D eigenvalue weighted by atomic mass is 32.2. The van der Waals surface area contributed by atoms with Gasteiger partial charge in [0.15, 0.2) is 0 Å². The third-order valence-electron chi connectivity index (χ3n) is 2.51. The molecule has 0 spiro atoms. The summed E-state index contributed by atoms with van der Waals surface area (Å²) in [6, 6.07) is 4.60. The van der Waals surface area contributed by atoms with Gasteiger partial charge in [0.1, 0.15) is 5.82 Å². The molecule has 1 aromatic rings. The van der Waals surface area contributed by atoms with Gasteiger partial charge < -0.3 is 4.90 Å². The van der Waals surface area contributed by atoms with Crippen molar-refractivity contribution in [3.8, 4) is 0 Å². The molecule has 0 amide bonds. The van der Waals surface area contributed by atoms with E-state index in [1.807, 2.05) is 6.92 Å². The highest BCUT2D eigenvalue weighted by Crippen LogP contribution is 2.18. The van der Waals surface area contributed by atoms with Crippen LogP contribution < -0.4 is 4.90 Å². The lowest BCUT2D eigenvalue weighted by Crippen LogP contribution is -2.29. The van der Waals surface area contributed by atoms with Crippen LogP contribution in [0.1, 0.15) is 12.5 Å². The molecule has 17 heavy (non-hydrogen) atoms. The SMILES string of the molecule is CCN(CCS(=O)(=O)O)c1ccc(F)c(C)c1. The molecule has 0 unspecified atom stereocenters. The molecule has 0 heterocycles. The van der Waals surface area contributed by atoms with Gasteiger partial charge in [-0.3, -0.25) is 4.55 Å². The first kappa shape index (κ1) is 13.9. The van der Waals surface area contributed by atoms with Crippen molar-refractivity contribution in [2.24, 2.45) is 0 Å². The number of halogens is 1. The Morgan fingerprint density at radius 2 is 2.06 bits per heavy atom. The van der Waals surface area contributed by atoms with Crippen LogP contribution in [-0.4, -0.2) is 31.8 Å². The predicted molar refractivity (Wildman–Crippen MR) is 65.4 cm³/mol. The predicted octanol–water partition coefficient (Wildman–Crippen LogP) is 1.85. The summed E-state index contributed by atoms with van der Waals surface area (Å²) in [7, 11) is -3.97. The van der Waals surface area contributed by atoms with Gasteiger partial charge in [-0.25, -0.2) is 4.39 Å². The molecule has 0 atom stereocenters. The van der Waals surface area contributed by atoms with Crippen LogP contribution in [0.2, 0.25) is 0 Å². The average molecular weight is 261 g/mol. The van der Waals surface area contributed by atoms with Crippen molar-refractivity contribution in [2.75, 3.05) is 23.7 Å². The summed E-state index contributed by atoms with van der Waals surface area (Å²) in [5.74, 6) is -0.628. The van der Waals surface area contributed by atoms with Crippen LogP contribution in [0, 0.1) is 12.7 Å². The highest BCUT2D eigenvalue weighted by Gasteiger charge is 2.11. The Morgan fingerprint density at radius 1 is 1.41 bits per heavy atom. The van der Waals surface area contributed by atoms with Gasteiger partial charge in [0.2, 0.25) is 0 Å². The molecular weight excluding hydrogens is 245 g/mol. The Bertz CT molecular complexity index is 487. The lowest BCUT2D eigenvalue weighted by atomic mass is 10.2. The van der Waals surface area contributed by atoms with E-state index in [1.54, 1.807) is 24.0 Å². The zero-order valence-corrected chi connectivity index (χ0v) is 10.7. The first-order chi connectivity index (χ1) is 7.83. The van der Waals surface area contributed by atoms with E-state index in [0.29, 0.717) is 12.1 Å². The number of benzene rings is 1. The summed E-state index contributed by atoms with van der Waals surface area (Å²) in [4.78, 5) is 1.76. The first-order valence-electron chi connectivity index (χ1n) is 5.29. The monoisotopic (exact) mass is 261 g/mol. The molecule has 0 aliphatic rings. The summed E-state index contributed by atoms with van der Waals surface area (Å²) < 4.78 is 43.1. The van der Waals surface area contributed by atoms with Crippen molar-refractivity contribution in [3.05, 3.63) is 29.6 Å². The summed E-state index contributed by atoms with van der Waals surface area (Å²) in [5, 5.41) is 0. The number of aryl methyl sites for hydroxylation is 1. The normalized spacial score (nSPS) is 11.5. The number of hydrogen-bond acceptors (Lipinski definition) is 3. The number of nitrogens with zero attached hydrogens (tertiary/aromatic N) is 1. The molecule has 0 fully saturated rings. The molecule has 0 aliphatic heterocycles. The molecule has 1 aromatic carbocycles. The molecule has 1 N–H and O–H groups in total. The van der Waals surface area contributed by atoms with Gasteiger partial charge in [0.25, 0.3) is 10.1 Å². The van der Waals surface area contributed by atoms with Crippen molar-refractivity contribution in [1.82, 2.24) is 0 Å². The molecule has 1 rings (SSSR count). The second kappa shape index (κ2) is 5.46. The first-order valence-corrected chi connectivity index (χ1v) is 6.90. The summed E-state index contributed by atoms with van der Waals surface area (Å²) in [6.45, 7) is 4.28. The minimum absolute atomic E-state index is 0.181. The Kier molecular flexibility index (Phi) is 4.47. The third-order valence-corrected chi connectivity index (χ3v) is 3.21. The van der Waals surface area contributed by atoms with Crippen LogP contribution >= 0.6 is 0 Å². The summed E-state index contributed by atoms with van der Waals surface area (Å²) in [6.07, 6.45) is 0. The molecule has 6 heteroatoms. The Labute approximate surface area is 101 Å². The Morgan fingerprint density at radius 3 is 2.53 bits per heavy atom. The molecule has 4 nitrogen and oxygen atoms in total. The molecule has 0 radical (unpaired) electrons. The van der Waals surface area contributed by atoms with Gasteiger partial charge in [0, 0.05) is 18.8 Å². The van der Waals surface area contributed by atoms with Crippen LogP contribution in [0.5, 0.6) is 0 Å². The maximum Gasteiger partial charge on any atom is 0.266 e. The lowest BCUT2D eigenvalue weighted by molar-refractivity contribution is 0.482. The van der Waals surface area contributed by atoms with Crippen molar-refractivity contribution >= 4 is 15.8 Å². The van der Waals surface area contributed by atoms with Gasteiger partial charge in [-0.2, -0.15) is 8.42 Å². The zero-order chi connectivity index (χ0) is 13.1. The number of hydrogen-bond donors (Lipinski definition) is 1. The molecular formula is C11H16FNO3S. The minimum atomic E-state index is -3.97. The number of anilines is 1. The maximum absolute atomic E-state index is 13.1. The average Bonchev–Trinajstić information content (AvgIpc) is 2.22. The minimum Gasteiger partial charge on any atom is -0.371 e. The van der Waals surface area contributed by atoms with Gasteiger partial charge in [-0.1, -0.05) is 0 Å². The van der Waals surface area contributed by atoms with E-state index in [4.69, 9.17) is 4.55 Å². The van der Waals surface area contributed by atoms with Gasteiger partial charge in [-0.05, 0) is 37.6 Å². The van der Waals surface area contributed by atoms with E-state index in [9.17, 15) is 12.8 Å². The fraction of sp³-hybridized carbons (Fsp3) is 0.455. The van der Waals surface area contributed by atoms with E-state index in [1.165, 1.54) is 6.07 Å². The van der Waals surface area contributed by atoms with E-state index >= 15 is 0 Å². The van der Waals surface area contributed by atoms with Crippen molar-refractivity contribution in [2.45, 2.75) is 13.8 Å². The number of rotatable bonds is 5. The van der Waals surface area contributed by atoms with Gasteiger partial charge in [0.05, 0.1) is 5.75 Å². The molecule has 0 saturated heterocycles. The zero-order valence-electron chi connectivity index (χ0n) is 9.85. The topological polar surface area (TPSA) is 57.6 Å². The molecule has 0 aromatic heterocycles. The lowest BCUT2D eigenvalue weighted by Gasteiger charge is -2.22. The standard InChI is InChI=1S/C11H16FNO3S/c1-3-13(6-7-17(14,15)16)10-4-5-11(12)9(2)8-10/h4-5,8H,3,6-7H2,1-2H3,(H,14,15,16). The highest BCUT2D eigenvalue weighted by molar-refractivity contribution is 7.85. The van der Waals surface area contributed by atoms with Crippen LogP contribution in [0.25, 0.3) is 0 Å². The van der Waals surface area contributed by atoms with E-state index in [-0.39, 0.29) is 18.1 Å². The van der Waals surface area contributed by atoms with E-state index in [0.717, 1.165) is 5.69 Å². The van der Waals surface area contributed by atoms with Gasteiger partial charge in [-0.15, -0.1) is 0 Å². The van der Waals surface area contributed by atoms with E-state index < -0.39 is 10.1 Å². The fourth-order valence-corrected chi connectivity index (χ4v) is 1.97. The Balaban J connectivity index is 2.83. The molecule has 0 bridgehead atoms. The quantitative estimate of drug-likeness (QED) is 0.822. The summed E-state index contributed by atoms with van der Waals surface area (Å²) >= 11 is 0. The van der Waals surface area contributed by atoms with Crippen LogP contribution in [-0.2, 0) is 10.1 Å².